The average molecular weight is 342 g/mol. The van der Waals surface area contributed by atoms with E-state index in [0.29, 0.717) is 5.33 Å². The van der Waals surface area contributed by atoms with Crippen LogP contribution in [0.3, 0.4) is 0 Å². The molecule has 0 aromatic heterocycles. The van der Waals surface area contributed by atoms with Gasteiger partial charge in [0, 0.05) is 5.33 Å². The third-order valence-electron chi connectivity index (χ3n) is 3.77. The number of rotatable bonds is 4. The van der Waals surface area contributed by atoms with E-state index in [-0.39, 0.29) is 16.2 Å². The van der Waals surface area contributed by atoms with Crippen molar-refractivity contribution in [2.75, 3.05) is 11.1 Å². The first-order valence-corrected chi connectivity index (χ1v) is 8.69. The summed E-state index contributed by atoms with van der Waals surface area (Å²) in [6.07, 6.45) is 2.10. The van der Waals surface area contributed by atoms with Crippen molar-refractivity contribution in [2.45, 2.75) is 37.0 Å². The van der Waals surface area contributed by atoms with Crippen LogP contribution in [-0.4, -0.2) is 21.7 Å². The Morgan fingerprint density at radius 2 is 2.16 bits per heavy atom. The van der Waals surface area contributed by atoms with Crippen LogP contribution in [0.15, 0.2) is 30.3 Å². The highest BCUT2D eigenvalue weighted by Gasteiger charge is 2.40. The SMILES string of the molecule is CC1(C(=O)NC(C)(CBr)c2ccccc2)CCCS1. The van der Waals surface area contributed by atoms with E-state index in [1.165, 1.54) is 0 Å². The Balaban J connectivity index is 2.17. The highest BCUT2D eigenvalue weighted by Crippen LogP contribution is 2.38. The lowest BCUT2D eigenvalue weighted by atomic mass is 9.92. The van der Waals surface area contributed by atoms with Gasteiger partial charge in [-0.25, -0.2) is 0 Å². The number of amides is 1. The average Bonchev–Trinajstić information content (AvgIpc) is 2.88. The molecular formula is C15H20BrNOS. The molecule has 0 saturated carbocycles. The van der Waals surface area contributed by atoms with Crippen LogP contribution in [0, 0.1) is 0 Å². The van der Waals surface area contributed by atoms with Crippen molar-refractivity contribution < 1.29 is 4.79 Å². The van der Waals surface area contributed by atoms with Crippen LogP contribution < -0.4 is 5.32 Å². The molecule has 104 valence electrons. The number of thioether (sulfide) groups is 1. The third-order valence-corrected chi connectivity index (χ3v) is 6.41. The summed E-state index contributed by atoms with van der Waals surface area (Å²) in [5.41, 5.74) is 0.775. The maximum atomic E-state index is 12.6. The van der Waals surface area contributed by atoms with Crippen LogP contribution in [0.25, 0.3) is 0 Å². The van der Waals surface area contributed by atoms with E-state index in [1.807, 2.05) is 18.2 Å². The molecule has 0 spiro atoms. The van der Waals surface area contributed by atoms with Crippen LogP contribution in [0.4, 0.5) is 0 Å². The Morgan fingerprint density at radius 3 is 2.68 bits per heavy atom. The Labute approximate surface area is 127 Å². The van der Waals surface area contributed by atoms with Gasteiger partial charge >= 0.3 is 0 Å². The van der Waals surface area contributed by atoms with Crippen LogP contribution in [0.1, 0.15) is 32.3 Å². The summed E-state index contributed by atoms with van der Waals surface area (Å²) in [4.78, 5) is 12.6. The van der Waals surface area contributed by atoms with Crippen molar-refractivity contribution in [1.29, 1.82) is 0 Å². The van der Waals surface area contributed by atoms with Gasteiger partial charge in [0.25, 0.3) is 0 Å². The van der Waals surface area contributed by atoms with Gasteiger partial charge in [-0.3, -0.25) is 4.79 Å². The Morgan fingerprint density at radius 1 is 1.47 bits per heavy atom. The van der Waals surface area contributed by atoms with E-state index in [0.717, 1.165) is 24.2 Å². The van der Waals surface area contributed by atoms with Gasteiger partial charge in [0.15, 0.2) is 0 Å². The van der Waals surface area contributed by atoms with E-state index in [2.05, 4.69) is 47.2 Å². The zero-order valence-corrected chi connectivity index (χ0v) is 13.8. The zero-order valence-electron chi connectivity index (χ0n) is 11.4. The summed E-state index contributed by atoms with van der Waals surface area (Å²) < 4.78 is -0.266. The standard InChI is InChI=1S/C15H20BrNOS/c1-14(11-16,12-7-4-3-5-8-12)17-13(18)15(2)9-6-10-19-15/h3-5,7-8H,6,9-11H2,1-2H3,(H,17,18). The Bertz CT molecular complexity index is 445. The van der Waals surface area contributed by atoms with Crippen molar-refractivity contribution in [1.82, 2.24) is 5.32 Å². The van der Waals surface area contributed by atoms with Crippen molar-refractivity contribution in [3.05, 3.63) is 35.9 Å². The summed E-state index contributed by atoms with van der Waals surface area (Å²) in [5.74, 6) is 1.24. The largest absolute Gasteiger partial charge is 0.345 e. The second-order valence-electron chi connectivity index (χ2n) is 5.47. The van der Waals surface area contributed by atoms with Gasteiger partial charge < -0.3 is 5.32 Å². The summed E-state index contributed by atoms with van der Waals surface area (Å²) in [7, 11) is 0. The molecule has 1 saturated heterocycles. The Kier molecular flexibility index (Phi) is 4.62. The fourth-order valence-corrected chi connectivity index (χ4v) is 4.00. The lowest BCUT2D eigenvalue weighted by Crippen LogP contribution is -2.51. The van der Waals surface area contributed by atoms with Gasteiger partial charge in [-0.1, -0.05) is 46.3 Å². The van der Waals surface area contributed by atoms with Gasteiger partial charge in [0.1, 0.15) is 0 Å². The molecule has 1 amide bonds. The number of carbonyl (C=O) groups excluding carboxylic acids is 1. The van der Waals surface area contributed by atoms with Crippen LogP contribution in [0.5, 0.6) is 0 Å². The smallest absolute Gasteiger partial charge is 0.236 e. The van der Waals surface area contributed by atoms with E-state index in [1.54, 1.807) is 11.8 Å². The second kappa shape index (κ2) is 5.88. The Hall–Kier alpha value is -0.480. The first-order valence-electron chi connectivity index (χ1n) is 6.58. The van der Waals surface area contributed by atoms with Crippen molar-refractivity contribution >= 4 is 33.6 Å². The fourth-order valence-electron chi connectivity index (χ4n) is 2.33. The molecule has 1 aromatic carbocycles. The predicted molar refractivity (Wildman–Crippen MR) is 85.8 cm³/mol. The third kappa shape index (κ3) is 3.16. The number of alkyl halides is 1. The molecule has 1 N–H and O–H groups in total. The van der Waals surface area contributed by atoms with Crippen molar-refractivity contribution in [3.8, 4) is 0 Å². The normalized spacial score (nSPS) is 25.8. The van der Waals surface area contributed by atoms with Crippen molar-refractivity contribution in [2.24, 2.45) is 0 Å². The summed E-state index contributed by atoms with van der Waals surface area (Å²) in [6.45, 7) is 4.12. The van der Waals surface area contributed by atoms with Gasteiger partial charge in [0.05, 0.1) is 10.3 Å². The molecule has 1 aliphatic rings. The number of carbonyl (C=O) groups is 1. The molecule has 2 atom stereocenters. The molecule has 1 aromatic rings. The molecular weight excluding hydrogens is 322 g/mol. The van der Waals surface area contributed by atoms with E-state index >= 15 is 0 Å². The van der Waals surface area contributed by atoms with Gasteiger partial charge in [-0.05, 0) is 38.0 Å². The minimum atomic E-state index is -0.357. The van der Waals surface area contributed by atoms with E-state index < -0.39 is 0 Å². The van der Waals surface area contributed by atoms with Crippen LogP contribution in [-0.2, 0) is 10.3 Å². The molecule has 2 nitrogen and oxygen atoms in total. The molecule has 0 bridgehead atoms. The van der Waals surface area contributed by atoms with Gasteiger partial charge in [-0.2, -0.15) is 0 Å². The summed E-state index contributed by atoms with van der Waals surface area (Å²) in [6, 6.07) is 10.1. The molecule has 1 fully saturated rings. The number of hydrogen-bond donors (Lipinski definition) is 1. The molecule has 0 radical (unpaired) electrons. The molecule has 1 heterocycles. The summed E-state index contributed by atoms with van der Waals surface area (Å²) >= 11 is 5.31. The first kappa shape index (κ1) is 14.9. The van der Waals surface area contributed by atoms with E-state index in [9.17, 15) is 4.79 Å². The maximum absolute atomic E-state index is 12.6. The van der Waals surface area contributed by atoms with Crippen molar-refractivity contribution in [3.63, 3.8) is 0 Å². The number of benzene rings is 1. The highest BCUT2D eigenvalue weighted by atomic mass is 79.9. The molecule has 2 rings (SSSR count). The lowest BCUT2D eigenvalue weighted by molar-refractivity contribution is -0.124. The molecule has 19 heavy (non-hydrogen) atoms. The molecule has 0 aliphatic carbocycles. The predicted octanol–water partition coefficient (Wildman–Crippen LogP) is 3.70. The minimum Gasteiger partial charge on any atom is -0.345 e. The molecule has 4 heteroatoms. The fraction of sp³-hybridized carbons (Fsp3) is 0.533. The second-order valence-corrected chi connectivity index (χ2v) is 7.63. The number of halogens is 1. The topological polar surface area (TPSA) is 29.1 Å². The molecule has 2 unspecified atom stereocenters. The van der Waals surface area contributed by atoms with Gasteiger partial charge in [-0.15, -0.1) is 11.8 Å². The highest BCUT2D eigenvalue weighted by molar-refractivity contribution is 9.09. The monoisotopic (exact) mass is 341 g/mol. The first-order chi connectivity index (χ1) is 9.00. The van der Waals surface area contributed by atoms with E-state index in [4.69, 9.17) is 0 Å². The zero-order chi connectivity index (χ0) is 13.9. The van der Waals surface area contributed by atoms with Crippen LogP contribution in [0.2, 0.25) is 0 Å². The maximum Gasteiger partial charge on any atom is 0.236 e. The minimum absolute atomic E-state index is 0.154. The number of hydrogen-bond acceptors (Lipinski definition) is 2. The van der Waals surface area contributed by atoms with Crippen LogP contribution >= 0.6 is 27.7 Å². The lowest BCUT2D eigenvalue weighted by Gasteiger charge is -2.33. The molecule has 1 aliphatic heterocycles. The summed E-state index contributed by atoms with van der Waals surface area (Å²) in [5, 5.41) is 3.94. The number of nitrogens with one attached hydrogen (secondary N) is 1. The quantitative estimate of drug-likeness (QED) is 0.846. The van der Waals surface area contributed by atoms with Gasteiger partial charge in [0.2, 0.25) is 5.91 Å².